The maximum atomic E-state index is 13.1. The second kappa shape index (κ2) is 6.69. The second-order valence-electron chi connectivity index (χ2n) is 7.65. The van der Waals surface area contributed by atoms with Gasteiger partial charge in [-0.15, -0.1) is 0 Å². The van der Waals surface area contributed by atoms with Gasteiger partial charge in [0, 0.05) is 12.2 Å². The Hall–Kier alpha value is -3.21. The van der Waals surface area contributed by atoms with Crippen LogP contribution in [0, 0.1) is 0 Å². The zero-order valence-corrected chi connectivity index (χ0v) is 16.4. The molecule has 5 heteroatoms. The molecule has 2 heterocycles. The number of carbonyl (C=O) groups is 1. The quantitative estimate of drug-likeness (QED) is 0.779. The Morgan fingerprint density at radius 3 is 2.69 bits per heavy atom. The van der Waals surface area contributed by atoms with Crippen molar-refractivity contribution in [2.75, 3.05) is 25.3 Å². The van der Waals surface area contributed by atoms with Gasteiger partial charge in [-0.1, -0.05) is 18.7 Å². The minimum atomic E-state index is -0.392. The smallest absolute Gasteiger partial charge is 0.231 e. The van der Waals surface area contributed by atoms with Gasteiger partial charge in [-0.25, -0.2) is 0 Å². The van der Waals surface area contributed by atoms with E-state index in [1.807, 2.05) is 24.3 Å². The summed E-state index contributed by atoms with van der Waals surface area (Å²) in [6, 6.07) is 11.9. The van der Waals surface area contributed by atoms with Crippen LogP contribution in [0.25, 0.3) is 6.08 Å². The van der Waals surface area contributed by atoms with Crippen LogP contribution in [0.1, 0.15) is 29.9 Å². The lowest BCUT2D eigenvalue weighted by molar-refractivity contribution is -0.116. The summed E-state index contributed by atoms with van der Waals surface area (Å²) in [6.45, 7) is 5.07. The van der Waals surface area contributed by atoms with Crippen molar-refractivity contribution in [3.8, 4) is 17.2 Å². The number of methoxy groups -OCH3 is 1. The van der Waals surface area contributed by atoms with Crippen molar-refractivity contribution in [3.63, 3.8) is 0 Å². The van der Waals surface area contributed by atoms with E-state index in [1.165, 1.54) is 0 Å². The van der Waals surface area contributed by atoms with Crippen molar-refractivity contribution < 1.29 is 19.0 Å². The molecule has 1 saturated heterocycles. The van der Waals surface area contributed by atoms with Crippen LogP contribution in [0.5, 0.6) is 17.2 Å². The minimum absolute atomic E-state index is 0.118. The standard InChI is InChI=1S/C24H23NO4/c1-3-16-13-21-22(29-15-28-21)14-19(16)23-20(26)9-11-24(23)10-4-12-25(24)17-5-7-18(27-2)8-6-17/h3,5-9,11,13-14,23H,1,4,10,12,15H2,2H3/t23-,24-/m1/s1. The van der Waals surface area contributed by atoms with E-state index >= 15 is 0 Å². The Bertz CT molecular complexity index is 1010. The zero-order valence-electron chi connectivity index (χ0n) is 16.4. The average Bonchev–Trinajstić information content (AvgIpc) is 3.46. The van der Waals surface area contributed by atoms with E-state index < -0.39 is 5.54 Å². The van der Waals surface area contributed by atoms with Gasteiger partial charge in [0.15, 0.2) is 17.3 Å². The number of anilines is 1. The molecule has 148 valence electrons. The van der Waals surface area contributed by atoms with Crippen LogP contribution in [0.3, 0.4) is 0 Å². The number of fused-ring (bicyclic) bond motifs is 1. The molecular formula is C24H23NO4. The summed E-state index contributed by atoms with van der Waals surface area (Å²) in [4.78, 5) is 15.5. The molecule has 2 atom stereocenters. The van der Waals surface area contributed by atoms with Crippen LogP contribution in [0.4, 0.5) is 5.69 Å². The lowest BCUT2D eigenvalue weighted by Gasteiger charge is -2.41. The fourth-order valence-electron chi connectivity index (χ4n) is 4.96. The number of hydrogen-bond donors (Lipinski definition) is 0. The molecule has 29 heavy (non-hydrogen) atoms. The molecule has 0 unspecified atom stereocenters. The number of allylic oxidation sites excluding steroid dienone is 1. The van der Waals surface area contributed by atoms with Crippen molar-refractivity contribution in [2.24, 2.45) is 0 Å². The fourth-order valence-corrected chi connectivity index (χ4v) is 4.96. The van der Waals surface area contributed by atoms with E-state index in [0.717, 1.165) is 42.0 Å². The lowest BCUT2D eigenvalue weighted by Crippen LogP contribution is -2.47. The number of ketones is 1. The van der Waals surface area contributed by atoms with Gasteiger partial charge in [0.2, 0.25) is 6.79 Å². The first-order valence-electron chi connectivity index (χ1n) is 9.87. The van der Waals surface area contributed by atoms with Crippen molar-refractivity contribution in [1.29, 1.82) is 0 Å². The molecule has 3 aliphatic rings. The summed E-state index contributed by atoms with van der Waals surface area (Å²) in [7, 11) is 1.66. The van der Waals surface area contributed by atoms with E-state index in [1.54, 1.807) is 19.3 Å². The Morgan fingerprint density at radius 2 is 1.97 bits per heavy atom. The number of rotatable bonds is 4. The van der Waals surface area contributed by atoms with E-state index in [2.05, 4.69) is 29.7 Å². The van der Waals surface area contributed by atoms with Gasteiger partial charge in [0.25, 0.3) is 0 Å². The summed E-state index contributed by atoms with van der Waals surface area (Å²) in [5.74, 6) is 2.02. The monoisotopic (exact) mass is 389 g/mol. The fraction of sp³-hybridized carbons (Fsp3) is 0.292. The molecule has 0 aromatic heterocycles. The average molecular weight is 389 g/mol. The number of ether oxygens (including phenoxy) is 3. The Labute approximate surface area is 170 Å². The van der Waals surface area contributed by atoms with Crippen molar-refractivity contribution >= 4 is 17.5 Å². The molecule has 0 amide bonds. The molecule has 0 N–H and O–H groups in total. The largest absolute Gasteiger partial charge is 0.497 e. The van der Waals surface area contributed by atoms with Gasteiger partial charge in [0.05, 0.1) is 18.6 Å². The highest BCUT2D eigenvalue weighted by Gasteiger charge is 2.52. The van der Waals surface area contributed by atoms with Crippen LogP contribution in [-0.2, 0) is 4.79 Å². The van der Waals surface area contributed by atoms with E-state index in [0.29, 0.717) is 11.5 Å². The van der Waals surface area contributed by atoms with Crippen molar-refractivity contribution in [3.05, 3.63) is 66.3 Å². The van der Waals surface area contributed by atoms with Gasteiger partial charge < -0.3 is 19.1 Å². The molecule has 1 aliphatic carbocycles. The van der Waals surface area contributed by atoms with Gasteiger partial charge in [-0.3, -0.25) is 4.79 Å². The Kier molecular flexibility index (Phi) is 4.12. The molecule has 0 bridgehead atoms. The maximum Gasteiger partial charge on any atom is 0.231 e. The molecule has 5 nitrogen and oxygen atoms in total. The Morgan fingerprint density at radius 1 is 1.21 bits per heavy atom. The van der Waals surface area contributed by atoms with E-state index in [9.17, 15) is 4.79 Å². The molecule has 0 saturated carbocycles. The molecule has 2 aromatic rings. The predicted octanol–water partition coefficient (Wildman–Crippen LogP) is 4.33. The summed E-state index contributed by atoms with van der Waals surface area (Å²) in [5, 5.41) is 0. The first kappa shape index (κ1) is 17.9. The number of carbonyl (C=O) groups excluding carboxylic acids is 1. The third kappa shape index (κ3) is 2.64. The highest BCUT2D eigenvalue weighted by Crippen LogP contribution is 2.51. The highest BCUT2D eigenvalue weighted by molar-refractivity contribution is 6.02. The van der Waals surface area contributed by atoms with Crippen LogP contribution in [0.2, 0.25) is 0 Å². The molecule has 2 aliphatic heterocycles. The highest BCUT2D eigenvalue weighted by atomic mass is 16.7. The van der Waals surface area contributed by atoms with Crippen LogP contribution in [0.15, 0.2) is 55.1 Å². The molecular weight excluding hydrogens is 366 g/mol. The number of benzene rings is 2. The SMILES string of the molecule is C=Cc1cc2c(cc1[C@@H]1C(=O)C=C[C@]13CCCN3c1ccc(OC)cc1)OCO2. The van der Waals surface area contributed by atoms with E-state index in [4.69, 9.17) is 14.2 Å². The van der Waals surface area contributed by atoms with Crippen LogP contribution >= 0.6 is 0 Å². The summed E-state index contributed by atoms with van der Waals surface area (Å²) < 4.78 is 16.4. The zero-order chi connectivity index (χ0) is 20.0. The van der Waals surface area contributed by atoms with Crippen molar-refractivity contribution in [1.82, 2.24) is 0 Å². The summed E-state index contributed by atoms with van der Waals surface area (Å²) in [5.41, 5.74) is 2.56. The molecule has 0 radical (unpaired) electrons. The maximum absolute atomic E-state index is 13.1. The normalized spacial score (nSPS) is 24.5. The van der Waals surface area contributed by atoms with Crippen molar-refractivity contribution in [2.45, 2.75) is 24.3 Å². The molecule has 5 rings (SSSR count). The lowest BCUT2D eigenvalue weighted by atomic mass is 9.77. The number of nitrogens with zero attached hydrogens (tertiary/aromatic N) is 1. The van der Waals surface area contributed by atoms with Gasteiger partial charge in [0.1, 0.15) is 5.75 Å². The third-order valence-corrected chi connectivity index (χ3v) is 6.28. The van der Waals surface area contributed by atoms with Gasteiger partial charge in [-0.2, -0.15) is 0 Å². The first-order valence-corrected chi connectivity index (χ1v) is 9.87. The van der Waals surface area contributed by atoms with Crippen LogP contribution in [-0.4, -0.2) is 31.8 Å². The number of hydrogen-bond acceptors (Lipinski definition) is 5. The minimum Gasteiger partial charge on any atom is -0.497 e. The van der Waals surface area contributed by atoms with Gasteiger partial charge >= 0.3 is 0 Å². The van der Waals surface area contributed by atoms with E-state index in [-0.39, 0.29) is 18.5 Å². The second-order valence-corrected chi connectivity index (χ2v) is 7.65. The van der Waals surface area contributed by atoms with Gasteiger partial charge in [-0.05, 0) is 66.4 Å². The summed E-state index contributed by atoms with van der Waals surface area (Å²) in [6.07, 6.45) is 7.56. The predicted molar refractivity (Wildman–Crippen MR) is 112 cm³/mol. The molecule has 2 aromatic carbocycles. The van der Waals surface area contributed by atoms with Crippen LogP contribution < -0.4 is 19.1 Å². The molecule has 1 spiro atoms. The Balaban J connectivity index is 1.61. The first-order chi connectivity index (χ1) is 14.2. The third-order valence-electron chi connectivity index (χ3n) is 6.28. The summed E-state index contributed by atoms with van der Waals surface area (Å²) >= 11 is 0. The molecule has 1 fully saturated rings. The topological polar surface area (TPSA) is 48.0 Å².